The number of aryl methyl sites for hydroxylation is 1. The van der Waals surface area contributed by atoms with Crippen LogP contribution in [0.5, 0.6) is 0 Å². The molecule has 0 aromatic heterocycles. The van der Waals surface area contributed by atoms with Gasteiger partial charge in [0.15, 0.2) is 0 Å². The third kappa shape index (κ3) is 5.69. The molecule has 0 radical (unpaired) electrons. The molecule has 2 amide bonds. The fraction of sp³-hybridized carbons (Fsp3) is 0.565. The van der Waals surface area contributed by atoms with Crippen LogP contribution in [-0.4, -0.2) is 17.9 Å². The minimum Gasteiger partial charge on any atom is -0.353 e. The maximum Gasteiger partial charge on any atom is 0.247 e. The number of hydrogen-bond donors (Lipinski definition) is 2. The first kappa shape index (κ1) is 19.7. The molecule has 1 aromatic carbocycles. The minimum absolute atomic E-state index is 0.156. The van der Waals surface area contributed by atoms with Crippen LogP contribution >= 0.6 is 0 Å². The second kappa shape index (κ2) is 9.20. The van der Waals surface area contributed by atoms with E-state index in [1.54, 1.807) is 0 Å². The maximum atomic E-state index is 12.3. The molecule has 146 valence electrons. The highest BCUT2D eigenvalue weighted by molar-refractivity contribution is 5.98. The van der Waals surface area contributed by atoms with Gasteiger partial charge in [-0.1, -0.05) is 38.0 Å². The van der Waals surface area contributed by atoms with Crippen LogP contribution in [0.1, 0.15) is 69.8 Å². The van der Waals surface area contributed by atoms with Gasteiger partial charge in [-0.05, 0) is 74.1 Å². The molecule has 2 aliphatic carbocycles. The summed E-state index contributed by atoms with van der Waals surface area (Å²) in [6.45, 7) is 3.44. The minimum atomic E-state index is -0.218. The Morgan fingerprint density at radius 1 is 1.04 bits per heavy atom. The van der Waals surface area contributed by atoms with E-state index in [9.17, 15) is 9.59 Å². The van der Waals surface area contributed by atoms with Crippen LogP contribution in [0.25, 0.3) is 0 Å². The number of carbonyl (C=O) groups excluding carboxylic acids is 2. The zero-order valence-corrected chi connectivity index (χ0v) is 16.3. The Kier molecular flexibility index (Phi) is 6.70. The molecule has 0 unspecified atom stereocenters. The molecule has 27 heavy (non-hydrogen) atoms. The Morgan fingerprint density at radius 3 is 2.33 bits per heavy atom. The molecule has 3 rings (SSSR count). The van der Waals surface area contributed by atoms with Gasteiger partial charge in [0.2, 0.25) is 11.8 Å². The van der Waals surface area contributed by atoms with Crippen molar-refractivity contribution in [2.75, 3.05) is 5.32 Å². The van der Waals surface area contributed by atoms with Crippen LogP contribution in [0.15, 0.2) is 36.9 Å². The number of nitrogens with one attached hydrogen (secondary N) is 2. The van der Waals surface area contributed by atoms with Crippen LogP contribution in [0, 0.1) is 5.41 Å². The zero-order valence-electron chi connectivity index (χ0n) is 16.3. The van der Waals surface area contributed by atoms with Crippen molar-refractivity contribution in [1.82, 2.24) is 5.32 Å². The molecule has 1 spiro atoms. The lowest BCUT2D eigenvalue weighted by molar-refractivity contribution is -0.122. The van der Waals surface area contributed by atoms with Gasteiger partial charge >= 0.3 is 0 Å². The number of benzene rings is 1. The summed E-state index contributed by atoms with van der Waals surface area (Å²) in [5.41, 5.74) is 2.45. The van der Waals surface area contributed by atoms with Crippen LogP contribution in [0.3, 0.4) is 0 Å². The largest absolute Gasteiger partial charge is 0.353 e. The predicted molar refractivity (Wildman–Crippen MR) is 110 cm³/mol. The molecule has 0 atom stereocenters. The number of anilines is 1. The van der Waals surface area contributed by atoms with Crippen LogP contribution < -0.4 is 10.6 Å². The molecular formula is C23H32N2O2. The highest BCUT2D eigenvalue weighted by Crippen LogP contribution is 2.47. The fourth-order valence-corrected chi connectivity index (χ4v) is 4.68. The van der Waals surface area contributed by atoms with Gasteiger partial charge in [-0.3, -0.25) is 9.59 Å². The first-order valence-corrected chi connectivity index (χ1v) is 10.4. The summed E-state index contributed by atoms with van der Waals surface area (Å²) in [5, 5.41) is 5.98. The standard InChI is InChI=1S/C23H32N2O2/c1-2-21(26)24-19-9-6-18(7-10-19)8-11-22(27)25-20-12-16-23(17-13-20)14-4-3-5-15-23/h2,6-7,9-10,20H,1,3-5,8,11-17H2,(H,24,26)(H,25,27). The molecular weight excluding hydrogens is 336 g/mol. The van der Waals surface area contributed by atoms with E-state index in [1.165, 1.54) is 51.0 Å². The van der Waals surface area contributed by atoms with Gasteiger partial charge in [-0.15, -0.1) is 0 Å². The molecule has 2 saturated carbocycles. The maximum absolute atomic E-state index is 12.3. The average molecular weight is 369 g/mol. The normalized spacial score (nSPS) is 19.4. The van der Waals surface area contributed by atoms with Crippen LogP contribution in [0.4, 0.5) is 5.69 Å². The van der Waals surface area contributed by atoms with Crippen molar-refractivity contribution in [3.05, 3.63) is 42.5 Å². The molecule has 2 fully saturated rings. The Balaban J connectivity index is 1.38. The van der Waals surface area contributed by atoms with Crippen LogP contribution in [0.2, 0.25) is 0 Å². The van der Waals surface area contributed by atoms with E-state index >= 15 is 0 Å². The predicted octanol–water partition coefficient (Wildman–Crippen LogP) is 4.75. The fourth-order valence-electron chi connectivity index (χ4n) is 4.68. The van der Waals surface area contributed by atoms with E-state index in [-0.39, 0.29) is 11.8 Å². The van der Waals surface area contributed by atoms with Gasteiger partial charge in [-0.25, -0.2) is 0 Å². The molecule has 4 heteroatoms. The number of rotatable bonds is 6. The first-order chi connectivity index (χ1) is 13.1. The smallest absolute Gasteiger partial charge is 0.247 e. The highest BCUT2D eigenvalue weighted by atomic mass is 16.2. The Bertz CT molecular complexity index is 649. The Morgan fingerprint density at radius 2 is 1.70 bits per heavy atom. The van der Waals surface area contributed by atoms with Gasteiger partial charge in [0.25, 0.3) is 0 Å². The lowest BCUT2D eigenvalue weighted by Crippen LogP contribution is -2.41. The molecule has 0 bridgehead atoms. The van der Waals surface area contributed by atoms with E-state index in [1.807, 2.05) is 24.3 Å². The number of hydrogen-bond acceptors (Lipinski definition) is 2. The van der Waals surface area contributed by atoms with Gasteiger partial charge in [0.1, 0.15) is 0 Å². The van der Waals surface area contributed by atoms with Crippen molar-refractivity contribution in [3.8, 4) is 0 Å². The molecule has 4 nitrogen and oxygen atoms in total. The van der Waals surface area contributed by atoms with Gasteiger partial charge in [-0.2, -0.15) is 0 Å². The lowest BCUT2D eigenvalue weighted by Gasteiger charge is -2.43. The molecule has 2 aliphatic rings. The third-order valence-corrected chi connectivity index (χ3v) is 6.37. The van der Waals surface area contributed by atoms with Gasteiger partial charge in [0.05, 0.1) is 0 Å². The number of carbonyl (C=O) groups is 2. The third-order valence-electron chi connectivity index (χ3n) is 6.37. The first-order valence-electron chi connectivity index (χ1n) is 10.4. The lowest BCUT2D eigenvalue weighted by atomic mass is 9.64. The summed E-state index contributed by atoms with van der Waals surface area (Å²) in [7, 11) is 0. The van der Waals surface area contributed by atoms with Crippen molar-refractivity contribution in [2.45, 2.75) is 76.7 Å². The summed E-state index contributed by atoms with van der Waals surface area (Å²) in [6, 6.07) is 8.00. The molecule has 1 aromatic rings. The molecule has 0 aliphatic heterocycles. The Hall–Kier alpha value is -2.10. The summed E-state index contributed by atoms with van der Waals surface area (Å²) >= 11 is 0. The second-order valence-corrected chi connectivity index (χ2v) is 8.29. The SMILES string of the molecule is C=CC(=O)Nc1ccc(CCC(=O)NC2CCC3(CCCCC3)CC2)cc1. The molecule has 0 heterocycles. The monoisotopic (exact) mass is 368 g/mol. The number of amides is 2. The highest BCUT2D eigenvalue weighted by Gasteiger charge is 2.36. The summed E-state index contributed by atoms with van der Waals surface area (Å²) < 4.78 is 0. The van der Waals surface area contributed by atoms with Crippen molar-refractivity contribution < 1.29 is 9.59 Å². The molecule has 0 saturated heterocycles. The summed E-state index contributed by atoms with van der Waals surface area (Å²) in [5.74, 6) is -0.0618. The summed E-state index contributed by atoms with van der Waals surface area (Å²) in [4.78, 5) is 23.6. The summed E-state index contributed by atoms with van der Waals surface area (Å²) in [6.07, 6.45) is 14.3. The van der Waals surface area contributed by atoms with E-state index in [0.29, 0.717) is 17.9 Å². The van der Waals surface area contributed by atoms with E-state index in [4.69, 9.17) is 0 Å². The Labute approximate surface area is 162 Å². The van der Waals surface area contributed by atoms with E-state index < -0.39 is 0 Å². The van der Waals surface area contributed by atoms with Gasteiger partial charge < -0.3 is 10.6 Å². The average Bonchev–Trinajstić information content (AvgIpc) is 2.70. The molecule has 2 N–H and O–H groups in total. The van der Waals surface area contributed by atoms with Crippen LogP contribution in [-0.2, 0) is 16.0 Å². The van der Waals surface area contributed by atoms with Crippen molar-refractivity contribution in [1.29, 1.82) is 0 Å². The topological polar surface area (TPSA) is 58.2 Å². The quantitative estimate of drug-likeness (QED) is 0.712. The van der Waals surface area contributed by atoms with E-state index in [0.717, 1.165) is 30.5 Å². The van der Waals surface area contributed by atoms with Crippen molar-refractivity contribution in [2.24, 2.45) is 5.41 Å². The van der Waals surface area contributed by atoms with E-state index in [2.05, 4.69) is 17.2 Å². The van der Waals surface area contributed by atoms with Crippen molar-refractivity contribution in [3.63, 3.8) is 0 Å². The van der Waals surface area contributed by atoms with Crippen molar-refractivity contribution >= 4 is 17.5 Å². The zero-order chi connectivity index (χ0) is 19.1. The second-order valence-electron chi connectivity index (χ2n) is 8.29. The van der Waals surface area contributed by atoms with Gasteiger partial charge in [0, 0.05) is 18.2 Å².